The van der Waals surface area contributed by atoms with Crippen LogP contribution in [0.1, 0.15) is 13.8 Å². The largest absolute Gasteiger partial charge is 0.336 e. The van der Waals surface area contributed by atoms with E-state index in [-0.39, 0.29) is 11.9 Å². The summed E-state index contributed by atoms with van der Waals surface area (Å²) in [4.78, 5) is 19.7. The molecule has 0 aromatic rings. The third kappa shape index (κ3) is 1.29. The fraction of sp³-hybridized carbons (Fsp3) is 0.800. The summed E-state index contributed by atoms with van der Waals surface area (Å²) in [5, 5.41) is 0. The van der Waals surface area contributed by atoms with Gasteiger partial charge in [-0.15, -0.1) is 0 Å². The first-order valence-electron chi connectivity index (χ1n) is 2.89. The van der Waals surface area contributed by atoms with Crippen molar-refractivity contribution in [2.24, 2.45) is 0 Å². The monoisotopic (exact) mass is 164 g/mol. The molecule has 4 nitrogen and oxygen atoms in total. The molecule has 1 rings (SSSR count). The summed E-state index contributed by atoms with van der Waals surface area (Å²) in [5.74, 6) is -0.307. The van der Waals surface area contributed by atoms with E-state index in [2.05, 4.69) is 4.52 Å². The highest BCUT2D eigenvalue weighted by Crippen LogP contribution is 2.52. The lowest BCUT2D eigenvalue weighted by atomic mass is 10.1. The zero-order valence-corrected chi connectivity index (χ0v) is 6.72. The Morgan fingerprint density at radius 1 is 1.70 bits per heavy atom. The van der Waals surface area contributed by atoms with Crippen molar-refractivity contribution in [3.05, 3.63) is 0 Å². The van der Waals surface area contributed by atoms with Crippen LogP contribution in [0.3, 0.4) is 0 Å². The summed E-state index contributed by atoms with van der Waals surface area (Å²) >= 11 is 0. The fourth-order valence-electron chi connectivity index (χ4n) is 0.812. The highest BCUT2D eigenvalue weighted by Gasteiger charge is 2.46. The van der Waals surface area contributed by atoms with Crippen LogP contribution in [0, 0.1) is 0 Å². The van der Waals surface area contributed by atoms with E-state index < -0.39 is 13.2 Å². The molecule has 0 spiro atoms. The second kappa shape index (κ2) is 1.91. The van der Waals surface area contributed by atoms with Gasteiger partial charge in [-0.05, 0) is 13.8 Å². The number of ketones is 1. The Kier molecular flexibility index (Phi) is 1.51. The van der Waals surface area contributed by atoms with Crippen LogP contribution in [-0.2, 0) is 13.9 Å². The number of rotatable bonds is 0. The third-order valence-corrected chi connectivity index (χ3v) is 2.81. The Labute approximate surface area is 58.7 Å². The van der Waals surface area contributed by atoms with E-state index >= 15 is 0 Å². The molecule has 1 saturated heterocycles. The van der Waals surface area contributed by atoms with Crippen molar-refractivity contribution in [2.75, 3.05) is 6.16 Å². The minimum absolute atomic E-state index is 0.307. The number of hydrogen-bond acceptors (Lipinski definition) is 3. The second-order valence-electron chi connectivity index (χ2n) is 2.82. The molecule has 0 amide bonds. The van der Waals surface area contributed by atoms with Gasteiger partial charge < -0.3 is 4.89 Å². The minimum atomic E-state index is -3.57. The van der Waals surface area contributed by atoms with Crippen molar-refractivity contribution in [3.8, 4) is 0 Å². The van der Waals surface area contributed by atoms with Gasteiger partial charge in [0.1, 0.15) is 11.8 Å². The lowest BCUT2D eigenvalue weighted by molar-refractivity contribution is -0.126. The molecule has 1 fully saturated rings. The molecule has 0 radical (unpaired) electrons. The Bertz CT molecular complexity index is 220. The average molecular weight is 164 g/mol. The standard InChI is InChI=1S/C5H9O4P/c1-5(2)4(6)3-10(7,8)9-5/h3H2,1-2H3,(H,7,8). The van der Waals surface area contributed by atoms with Crippen molar-refractivity contribution in [1.82, 2.24) is 0 Å². The maximum absolute atomic E-state index is 10.9. The van der Waals surface area contributed by atoms with Gasteiger partial charge in [-0.25, -0.2) is 0 Å². The van der Waals surface area contributed by atoms with E-state index in [0.717, 1.165) is 0 Å². The van der Waals surface area contributed by atoms with E-state index in [1.807, 2.05) is 0 Å². The predicted octanol–water partition coefficient (Wildman–Crippen LogP) is 0.550. The number of Topliss-reactive ketones (excluding diaryl/α,β-unsaturated/α-hetero) is 1. The Morgan fingerprint density at radius 2 is 2.20 bits per heavy atom. The van der Waals surface area contributed by atoms with Crippen molar-refractivity contribution in [1.29, 1.82) is 0 Å². The SMILES string of the molecule is CC1(C)OP(=O)(O)CC1=O. The summed E-state index contributed by atoms with van der Waals surface area (Å²) in [6.07, 6.45) is -0.347. The van der Waals surface area contributed by atoms with E-state index in [9.17, 15) is 9.36 Å². The normalized spacial score (nSPS) is 38.5. The summed E-state index contributed by atoms with van der Waals surface area (Å²) in [5.41, 5.74) is -1.07. The predicted molar refractivity (Wildman–Crippen MR) is 34.9 cm³/mol. The molecular weight excluding hydrogens is 155 g/mol. The van der Waals surface area contributed by atoms with Crippen LogP contribution in [0.5, 0.6) is 0 Å². The van der Waals surface area contributed by atoms with Crippen LogP contribution in [-0.4, -0.2) is 22.4 Å². The number of hydrogen-bond donors (Lipinski definition) is 1. The van der Waals surface area contributed by atoms with Crippen LogP contribution in [0.25, 0.3) is 0 Å². The zero-order chi connectivity index (χ0) is 7.99. The molecule has 0 aromatic carbocycles. The second-order valence-corrected chi connectivity index (χ2v) is 4.59. The summed E-state index contributed by atoms with van der Waals surface area (Å²) < 4.78 is 15.4. The van der Waals surface area contributed by atoms with E-state index in [1.54, 1.807) is 0 Å². The van der Waals surface area contributed by atoms with Crippen molar-refractivity contribution >= 4 is 13.4 Å². The highest BCUT2D eigenvalue weighted by molar-refractivity contribution is 7.54. The molecule has 0 aliphatic carbocycles. The smallest absolute Gasteiger partial charge is 0.324 e. The van der Waals surface area contributed by atoms with Gasteiger partial charge >= 0.3 is 7.60 Å². The van der Waals surface area contributed by atoms with Gasteiger partial charge in [-0.2, -0.15) is 0 Å². The topological polar surface area (TPSA) is 63.6 Å². The van der Waals surface area contributed by atoms with E-state index in [0.29, 0.717) is 0 Å². The van der Waals surface area contributed by atoms with Crippen LogP contribution in [0.15, 0.2) is 0 Å². The first-order chi connectivity index (χ1) is 4.33. The highest BCUT2D eigenvalue weighted by atomic mass is 31.2. The van der Waals surface area contributed by atoms with Crippen LogP contribution in [0.4, 0.5) is 0 Å². The van der Waals surface area contributed by atoms with Crippen LogP contribution < -0.4 is 0 Å². The first kappa shape index (κ1) is 7.92. The molecule has 0 aromatic heterocycles. The number of carbonyl (C=O) groups excluding carboxylic acids is 1. The Morgan fingerprint density at radius 3 is 2.30 bits per heavy atom. The van der Waals surface area contributed by atoms with Crippen LogP contribution >= 0.6 is 7.60 Å². The van der Waals surface area contributed by atoms with Crippen LogP contribution in [0.2, 0.25) is 0 Å². The van der Waals surface area contributed by atoms with E-state index in [4.69, 9.17) is 4.89 Å². The molecule has 1 aliphatic heterocycles. The molecule has 1 N–H and O–H groups in total. The van der Waals surface area contributed by atoms with Gasteiger partial charge in [0.2, 0.25) is 0 Å². The average Bonchev–Trinajstić information content (AvgIpc) is 1.73. The molecule has 1 heterocycles. The Balaban J connectivity index is 2.92. The van der Waals surface area contributed by atoms with Crippen molar-refractivity contribution < 1.29 is 18.8 Å². The zero-order valence-electron chi connectivity index (χ0n) is 5.83. The third-order valence-electron chi connectivity index (χ3n) is 1.39. The lowest BCUT2D eigenvalue weighted by Gasteiger charge is -2.13. The molecule has 0 saturated carbocycles. The van der Waals surface area contributed by atoms with Crippen molar-refractivity contribution in [2.45, 2.75) is 19.4 Å². The van der Waals surface area contributed by atoms with Crippen molar-refractivity contribution in [3.63, 3.8) is 0 Å². The first-order valence-corrected chi connectivity index (χ1v) is 4.66. The maximum atomic E-state index is 10.9. The molecule has 1 aliphatic rings. The number of carbonyl (C=O) groups is 1. The van der Waals surface area contributed by atoms with Gasteiger partial charge in [0.15, 0.2) is 5.78 Å². The molecule has 1 unspecified atom stereocenters. The molecule has 5 heteroatoms. The molecule has 58 valence electrons. The summed E-state index contributed by atoms with van der Waals surface area (Å²) in [6, 6.07) is 0. The molecular formula is C5H9O4P. The molecule has 1 atom stereocenters. The quantitative estimate of drug-likeness (QED) is 0.531. The molecule has 10 heavy (non-hydrogen) atoms. The Hall–Kier alpha value is -0.180. The van der Waals surface area contributed by atoms with Gasteiger partial charge in [-0.3, -0.25) is 13.9 Å². The summed E-state index contributed by atoms with van der Waals surface area (Å²) in [6.45, 7) is 2.98. The fourth-order valence-corrected chi connectivity index (χ4v) is 2.43. The summed E-state index contributed by atoms with van der Waals surface area (Å²) in [7, 11) is -3.57. The minimum Gasteiger partial charge on any atom is -0.324 e. The van der Waals surface area contributed by atoms with Gasteiger partial charge in [0.05, 0.1) is 0 Å². The van der Waals surface area contributed by atoms with Gasteiger partial charge in [-0.1, -0.05) is 0 Å². The van der Waals surface area contributed by atoms with E-state index in [1.165, 1.54) is 13.8 Å². The maximum Gasteiger partial charge on any atom is 0.336 e. The molecule has 0 bridgehead atoms. The lowest BCUT2D eigenvalue weighted by Crippen LogP contribution is -2.27. The van der Waals surface area contributed by atoms with Gasteiger partial charge in [0.25, 0.3) is 0 Å². The van der Waals surface area contributed by atoms with Gasteiger partial charge in [0, 0.05) is 0 Å².